The van der Waals surface area contributed by atoms with E-state index in [-0.39, 0.29) is 123 Å². The third-order valence-corrected chi connectivity index (χ3v) is 13.1. The number of likely N-dealkylation sites (tertiary alicyclic amines) is 1. The second-order valence-electron chi connectivity index (χ2n) is 17.9. The maximum absolute atomic E-state index is 12.0. The van der Waals surface area contributed by atoms with Crippen molar-refractivity contribution in [3.05, 3.63) is 140 Å². The number of ether oxygens (including phenoxy) is 4. The Hall–Kier alpha value is -1.68. The van der Waals surface area contributed by atoms with Crippen LogP contribution in [-0.4, -0.2) is 83.3 Å². The number of halogens is 4. The number of para-hydroxylation sites is 2. The molecular weight excluding hydrogens is 1020 g/mol. The fraction of sp³-hybridized carbons (Fsp3) is 0.426. The van der Waals surface area contributed by atoms with Crippen LogP contribution in [-0.2, 0) is 42.0 Å². The quantitative estimate of drug-likeness (QED) is 0.0632. The summed E-state index contributed by atoms with van der Waals surface area (Å²) in [5.74, 6) is 2.04. The van der Waals surface area contributed by atoms with E-state index >= 15 is 0 Å². The van der Waals surface area contributed by atoms with Gasteiger partial charge in [-0.3, -0.25) is 18.8 Å². The standard InChI is InChI=1S/C26H30ClNO3.C19H18ClNO.C7H13ClO2.CH3F.CH2O3.2K.H/c1-26(2,25(29)30-3)12-15-28-13-10-18(11-14-28)24-21-9-8-20(27)16-19(21)17-31-23-7-5-4-6-22(23)24;20-15-5-6-16-14(11-15)12-22-18-4-2-1-3-17(18)19(16)13-7-9-21-10-8-13;1-7(2,4-5-8)6(9)10-3;1-2;2-1-4-3;;;/h4-9,16H,10-15,17H2,1-3H3;1-6,11,21H,7-10,12H2;4-5H2,1-3H3;1H3;1,3H;;;/q;;;;;2*+1;-1/p-1/i;;;1D;;;;. The van der Waals surface area contributed by atoms with Gasteiger partial charge in [0.25, 0.3) is 6.47 Å². The molecule has 0 unspecified atom stereocenters. The number of rotatable bonds is 8. The monoisotopic (exact) mass is 1090 g/mol. The van der Waals surface area contributed by atoms with E-state index in [4.69, 9.17) is 60.4 Å². The number of nitrogens with zero attached hydrogens (tertiary/aromatic N) is 1. The molecule has 0 saturated carbocycles. The first-order chi connectivity index (χ1) is 33.6. The summed E-state index contributed by atoms with van der Waals surface area (Å²) in [6.07, 6.45) is 5.64. The van der Waals surface area contributed by atoms with Crippen molar-refractivity contribution < 1.29 is 153 Å². The molecule has 2 saturated heterocycles. The Kier molecular flexibility index (Phi) is 29.9. The van der Waals surface area contributed by atoms with Crippen LogP contribution >= 0.6 is 34.8 Å². The van der Waals surface area contributed by atoms with Crippen LogP contribution in [0.3, 0.4) is 0 Å². The van der Waals surface area contributed by atoms with Gasteiger partial charge in [0.15, 0.2) is 0 Å². The summed E-state index contributed by atoms with van der Waals surface area (Å²) in [6.45, 7) is 13.4. The van der Waals surface area contributed by atoms with Crippen molar-refractivity contribution >= 4 is 64.4 Å². The molecule has 1 N–H and O–H groups in total. The summed E-state index contributed by atoms with van der Waals surface area (Å²) in [6, 6.07) is 28.9. The summed E-state index contributed by atoms with van der Waals surface area (Å²) in [4.78, 5) is 36.6. The molecule has 0 spiro atoms. The predicted molar refractivity (Wildman–Crippen MR) is 271 cm³/mol. The van der Waals surface area contributed by atoms with Crippen LogP contribution in [0.2, 0.25) is 10.0 Å². The molecule has 11 nitrogen and oxygen atoms in total. The number of nitrogens with one attached hydrogen (secondary N) is 1. The van der Waals surface area contributed by atoms with Crippen LogP contribution in [0, 0.1) is 10.8 Å². The van der Waals surface area contributed by atoms with Crippen LogP contribution in [0.15, 0.2) is 96.1 Å². The Morgan fingerprint density at radius 2 is 1.15 bits per heavy atom. The minimum atomic E-state index is -1.00. The second-order valence-corrected chi connectivity index (χ2v) is 19.1. The van der Waals surface area contributed by atoms with Crippen molar-refractivity contribution in [3.63, 3.8) is 0 Å². The van der Waals surface area contributed by atoms with E-state index in [1.807, 2.05) is 70.2 Å². The Balaban J connectivity index is 0.000000553. The Morgan fingerprint density at radius 3 is 1.56 bits per heavy atom. The average Bonchev–Trinajstić information content (AvgIpc) is 3.64. The van der Waals surface area contributed by atoms with E-state index in [1.165, 1.54) is 64.3 Å². The van der Waals surface area contributed by atoms with Gasteiger partial charge in [0, 0.05) is 40.1 Å². The van der Waals surface area contributed by atoms with Gasteiger partial charge in [-0.15, -0.1) is 11.6 Å². The molecule has 8 rings (SSSR count). The molecule has 0 radical (unpaired) electrons. The summed E-state index contributed by atoms with van der Waals surface area (Å²) in [7, 11) is 1.85. The van der Waals surface area contributed by atoms with E-state index in [9.17, 15) is 14.0 Å². The van der Waals surface area contributed by atoms with Crippen molar-refractivity contribution in [2.24, 2.45) is 10.8 Å². The molecule has 2 fully saturated rings. The Labute approximate surface area is 522 Å². The molecule has 0 bridgehead atoms. The number of carbonyl (C=O) groups is 3. The van der Waals surface area contributed by atoms with E-state index in [0.717, 1.165) is 91.9 Å². The number of esters is 2. The number of hydrogen-bond acceptors (Lipinski definition) is 11. The first-order valence-electron chi connectivity index (χ1n) is 23.5. The molecule has 0 atom stereocenters. The van der Waals surface area contributed by atoms with Gasteiger partial charge in [-0.1, -0.05) is 82.9 Å². The molecule has 0 aromatic heterocycles. The average molecular weight is 1090 g/mol. The van der Waals surface area contributed by atoms with Crippen molar-refractivity contribution in [1.29, 1.82) is 0 Å². The fourth-order valence-electron chi connectivity index (χ4n) is 8.52. The number of methoxy groups -OCH3 is 2. The van der Waals surface area contributed by atoms with Crippen LogP contribution in [0.1, 0.15) is 102 Å². The molecule has 0 aliphatic carbocycles. The predicted octanol–water partition coefficient (Wildman–Crippen LogP) is 5.09. The van der Waals surface area contributed by atoms with Gasteiger partial charge < -0.3 is 40.7 Å². The molecule has 4 aromatic rings. The van der Waals surface area contributed by atoms with E-state index < -0.39 is 18.0 Å². The zero-order valence-corrected chi connectivity index (χ0v) is 50.9. The molecule has 4 heterocycles. The normalized spacial score (nSPS) is 14.8. The number of fused-ring (bicyclic) bond motifs is 4. The van der Waals surface area contributed by atoms with Gasteiger partial charge in [0.05, 0.1) is 33.6 Å². The van der Waals surface area contributed by atoms with Crippen molar-refractivity contribution in [2.75, 3.05) is 60.0 Å². The van der Waals surface area contributed by atoms with Crippen molar-refractivity contribution in [3.8, 4) is 11.5 Å². The maximum atomic E-state index is 12.0. The van der Waals surface area contributed by atoms with Crippen molar-refractivity contribution in [1.82, 2.24) is 10.2 Å². The SMILES string of the molecule is COC(=O)C(C)(C)CCCl.COC(=O)C(C)(C)CCN1CCC(=C2c3ccc(Cl)cc3COc3ccccc32)CC1.Clc1ccc2c(c1)COc1ccccc1C2=C1CCNCC1.O=CO[O-].[2H]CF.[H-].[K+].[K+]. The number of piperidine rings is 2. The third-order valence-electron chi connectivity index (χ3n) is 12.4. The van der Waals surface area contributed by atoms with Gasteiger partial charge in [0.1, 0.15) is 24.7 Å². The Bertz CT molecular complexity index is 2430. The second kappa shape index (κ2) is 33.4. The number of hydrogen-bond donors (Lipinski definition) is 1. The van der Waals surface area contributed by atoms with Crippen LogP contribution in [0.4, 0.5) is 4.39 Å². The minimum Gasteiger partial charge on any atom is -1.00 e. The van der Waals surface area contributed by atoms with Gasteiger partial charge in [-0.25, -0.2) is 0 Å². The zero-order valence-electron chi connectivity index (χ0n) is 44.4. The molecule has 4 aromatic carbocycles. The van der Waals surface area contributed by atoms with Crippen LogP contribution in [0.5, 0.6) is 11.5 Å². The number of alkyl halides is 2. The van der Waals surface area contributed by atoms with E-state index in [1.54, 1.807) is 0 Å². The zero-order chi connectivity index (χ0) is 51.3. The molecule has 376 valence electrons. The topological polar surface area (TPSA) is 136 Å². The van der Waals surface area contributed by atoms with Gasteiger partial charge in [-0.2, -0.15) is 0 Å². The molecular formula is C54H66Cl3FK2N2O9. The summed E-state index contributed by atoms with van der Waals surface area (Å²) in [5.41, 5.74) is 11.9. The molecule has 17 heteroatoms. The van der Waals surface area contributed by atoms with Crippen LogP contribution < -0.4 is 123 Å². The van der Waals surface area contributed by atoms with Gasteiger partial charge in [0.2, 0.25) is 0 Å². The Morgan fingerprint density at radius 1 is 0.746 bits per heavy atom. The summed E-state index contributed by atoms with van der Waals surface area (Å²) in [5, 5.41) is 13.4. The van der Waals surface area contributed by atoms with E-state index in [2.05, 4.69) is 62.3 Å². The largest absolute Gasteiger partial charge is 1.00 e. The molecule has 4 aliphatic rings. The van der Waals surface area contributed by atoms with Gasteiger partial charge in [-0.05, 0) is 156 Å². The molecule has 0 amide bonds. The van der Waals surface area contributed by atoms with E-state index in [0.29, 0.717) is 25.5 Å². The number of carbonyl (C=O) groups excluding carboxylic acids is 3. The first kappa shape index (κ1) is 63.6. The van der Waals surface area contributed by atoms with Crippen LogP contribution in [0.25, 0.3) is 11.1 Å². The summed E-state index contributed by atoms with van der Waals surface area (Å²) < 4.78 is 37.2. The fourth-order valence-corrected chi connectivity index (χ4v) is 9.38. The third kappa shape index (κ3) is 19.1. The van der Waals surface area contributed by atoms with Gasteiger partial charge >= 0.3 is 115 Å². The summed E-state index contributed by atoms with van der Waals surface area (Å²) >= 11 is 18.0. The smallest absolute Gasteiger partial charge is 1.00 e. The van der Waals surface area contributed by atoms with Crippen molar-refractivity contribution in [2.45, 2.75) is 79.4 Å². The number of benzene rings is 4. The first-order valence-corrected chi connectivity index (χ1v) is 24.1. The maximum Gasteiger partial charge on any atom is 1.00 e. The molecule has 4 aliphatic heterocycles. The molecule has 71 heavy (non-hydrogen) atoms. The minimum absolute atomic E-state index is 0.